The Morgan fingerprint density at radius 3 is 2.60 bits per heavy atom. The highest BCUT2D eigenvalue weighted by Crippen LogP contribution is 2.28. The Balaban J connectivity index is 2.43. The molecule has 108 valence electrons. The van der Waals surface area contributed by atoms with Gasteiger partial charge in [0.1, 0.15) is 10.6 Å². The van der Waals surface area contributed by atoms with Crippen molar-refractivity contribution in [2.45, 2.75) is 18.7 Å². The maximum Gasteiger partial charge on any atom is 0.266 e. The maximum absolute atomic E-state index is 12.4. The molecule has 0 saturated heterocycles. The molecule has 0 aliphatic carbocycles. The van der Waals surface area contributed by atoms with Gasteiger partial charge in [-0.1, -0.05) is 0 Å². The molecule has 2 aromatic rings. The Hall–Kier alpha value is -2.22. The highest BCUT2D eigenvalue weighted by atomic mass is 32.2. The quantitative estimate of drug-likeness (QED) is 0.739. The number of sulfonamides is 1. The van der Waals surface area contributed by atoms with E-state index in [-0.39, 0.29) is 16.5 Å². The van der Waals surface area contributed by atoms with E-state index in [4.69, 9.17) is 10.5 Å². The van der Waals surface area contributed by atoms with Crippen molar-refractivity contribution in [3.63, 3.8) is 0 Å². The Bertz CT molecular complexity index is 737. The molecule has 0 spiro atoms. The van der Waals surface area contributed by atoms with E-state index in [2.05, 4.69) is 14.9 Å². The molecule has 7 nitrogen and oxygen atoms in total. The van der Waals surface area contributed by atoms with Gasteiger partial charge < -0.3 is 10.5 Å². The minimum Gasteiger partial charge on any atom is -0.495 e. The van der Waals surface area contributed by atoms with Crippen molar-refractivity contribution in [1.29, 1.82) is 0 Å². The van der Waals surface area contributed by atoms with Crippen LogP contribution in [0.4, 0.5) is 11.5 Å². The summed E-state index contributed by atoms with van der Waals surface area (Å²) in [6.45, 7) is 3.58. The van der Waals surface area contributed by atoms with Gasteiger partial charge in [-0.25, -0.2) is 8.42 Å². The second-order valence-electron chi connectivity index (χ2n) is 4.34. The van der Waals surface area contributed by atoms with Gasteiger partial charge >= 0.3 is 0 Å². The number of nitrogens with two attached hydrogens (primary N) is 1. The first kappa shape index (κ1) is 14.2. The van der Waals surface area contributed by atoms with Gasteiger partial charge in [-0.05, 0) is 26.0 Å². The molecule has 20 heavy (non-hydrogen) atoms. The number of hydrogen-bond acceptors (Lipinski definition) is 5. The van der Waals surface area contributed by atoms with Crippen LogP contribution >= 0.6 is 0 Å². The fourth-order valence-corrected chi connectivity index (χ4v) is 2.89. The predicted molar refractivity (Wildman–Crippen MR) is 76.3 cm³/mol. The monoisotopic (exact) mass is 296 g/mol. The lowest BCUT2D eigenvalue weighted by Gasteiger charge is -2.11. The zero-order valence-corrected chi connectivity index (χ0v) is 12.2. The van der Waals surface area contributed by atoms with Crippen LogP contribution in [0.2, 0.25) is 0 Å². The van der Waals surface area contributed by atoms with Crippen LogP contribution in [-0.4, -0.2) is 25.7 Å². The molecule has 0 radical (unpaired) electrons. The first-order chi connectivity index (χ1) is 9.35. The van der Waals surface area contributed by atoms with Crippen LogP contribution in [-0.2, 0) is 10.0 Å². The van der Waals surface area contributed by atoms with E-state index in [0.717, 1.165) is 11.3 Å². The number of aromatic nitrogens is 2. The molecular weight excluding hydrogens is 280 g/mol. The number of nitrogens with one attached hydrogen (secondary N) is 2. The molecule has 1 aromatic heterocycles. The van der Waals surface area contributed by atoms with Crippen molar-refractivity contribution in [2.24, 2.45) is 0 Å². The number of nitrogen functional groups attached to an aromatic ring is 1. The Morgan fingerprint density at radius 2 is 2.05 bits per heavy atom. The van der Waals surface area contributed by atoms with E-state index >= 15 is 0 Å². The number of aryl methyl sites for hydroxylation is 1. The van der Waals surface area contributed by atoms with Crippen LogP contribution < -0.4 is 15.2 Å². The molecule has 0 aliphatic heterocycles. The minimum atomic E-state index is -3.80. The highest BCUT2D eigenvalue weighted by molar-refractivity contribution is 7.92. The molecule has 1 heterocycles. The number of H-pyrrole nitrogens is 1. The number of benzene rings is 1. The predicted octanol–water partition coefficient (Wildman–Crippen LogP) is 1.42. The van der Waals surface area contributed by atoms with Gasteiger partial charge in [-0.3, -0.25) is 9.82 Å². The van der Waals surface area contributed by atoms with Gasteiger partial charge in [0.15, 0.2) is 5.82 Å². The Labute approximate surface area is 117 Å². The van der Waals surface area contributed by atoms with Crippen molar-refractivity contribution in [1.82, 2.24) is 10.2 Å². The molecule has 0 amide bonds. The van der Waals surface area contributed by atoms with E-state index < -0.39 is 10.0 Å². The zero-order valence-electron chi connectivity index (χ0n) is 11.4. The summed E-state index contributed by atoms with van der Waals surface area (Å²) >= 11 is 0. The number of aromatic amines is 1. The molecule has 1 aromatic carbocycles. The number of nitrogens with zero attached hydrogens (tertiary/aromatic N) is 1. The van der Waals surface area contributed by atoms with E-state index in [1.807, 2.05) is 6.92 Å². The summed E-state index contributed by atoms with van der Waals surface area (Å²) in [5.74, 6) is 0.448. The third-order valence-electron chi connectivity index (χ3n) is 2.96. The van der Waals surface area contributed by atoms with Crippen molar-refractivity contribution in [2.75, 3.05) is 17.6 Å². The van der Waals surface area contributed by atoms with Crippen LogP contribution in [0.15, 0.2) is 23.1 Å². The summed E-state index contributed by atoms with van der Waals surface area (Å²) in [5.41, 5.74) is 7.57. The fourth-order valence-electron chi connectivity index (χ4n) is 1.67. The molecule has 0 bridgehead atoms. The van der Waals surface area contributed by atoms with Gasteiger partial charge in [0.25, 0.3) is 10.0 Å². The highest BCUT2D eigenvalue weighted by Gasteiger charge is 2.22. The normalized spacial score (nSPS) is 11.3. The van der Waals surface area contributed by atoms with Gasteiger partial charge in [0.05, 0.1) is 7.11 Å². The molecule has 0 saturated carbocycles. The van der Waals surface area contributed by atoms with Crippen molar-refractivity contribution in [3.8, 4) is 5.75 Å². The molecule has 0 unspecified atom stereocenters. The Morgan fingerprint density at radius 1 is 1.35 bits per heavy atom. The Kier molecular flexibility index (Phi) is 3.58. The summed E-state index contributed by atoms with van der Waals surface area (Å²) in [6, 6.07) is 4.35. The van der Waals surface area contributed by atoms with E-state index in [1.54, 1.807) is 6.92 Å². The summed E-state index contributed by atoms with van der Waals surface area (Å²) in [5, 5.41) is 6.64. The number of methoxy groups -OCH3 is 1. The van der Waals surface area contributed by atoms with E-state index in [9.17, 15) is 8.42 Å². The lowest BCUT2D eigenvalue weighted by molar-refractivity contribution is 0.403. The molecule has 4 N–H and O–H groups in total. The van der Waals surface area contributed by atoms with Gasteiger partial charge in [0.2, 0.25) is 0 Å². The number of hydrogen-bond donors (Lipinski definition) is 3. The van der Waals surface area contributed by atoms with Gasteiger partial charge in [-0.15, -0.1) is 0 Å². The summed E-state index contributed by atoms with van der Waals surface area (Å²) in [7, 11) is -2.41. The first-order valence-electron chi connectivity index (χ1n) is 5.83. The standard InChI is InChI=1S/C12H16N4O3S/c1-7-8(2)14-15-12(7)16-20(17,18)11-5-4-9(13)6-10(11)19-3/h4-6H,13H2,1-3H3,(H2,14,15,16). The fraction of sp³-hybridized carbons (Fsp3) is 0.250. The molecule has 8 heteroatoms. The minimum absolute atomic E-state index is 0.00857. The van der Waals surface area contributed by atoms with Crippen LogP contribution in [0.25, 0.3) is 0 Å². The summed E-state index contributed by atoms with van der Waals surface area (Å²) < 4.78 is 32.2. The van der Waals surface area contributed by atoms with Crippen LogP contribution in [0, 0.1) is 13.8 Å². The number of anilines is 2. The van der Waals surface area contributed by atoms with Crippen LogP contribution in [0.3, 0.4) is 0 Å². The van der Waals surface area contributed by atoms with Crippen molar-refractivity contribution < 1.29 is 13.2 Å². The molecular formula is C12H16N4O3S. The molecule has 0 fully saturated rings. The molecule has 2 rings (SSSR count). The van der Waals surface area contributed by atoms with E-state index in [0.29, 0.717) is 5.69 Å². The molecule has 0 aliphatic rings. The third kappa shape index (κ3) is 2.55. The van der Waals surface area contributed by atoms with E-state index in [1.165, 1.54) is 25.3 Å². The van der Waals surface area contributed by atoms with Gasteiger partial charge in [-0.2, -0.15) is 5.10 Å². The topological polar surface area (TPSA) is 110 Å². The smallest absolute Gasteiger partial charge is 0.266 e. The lowest BCUT2D eigenvalue weighted by atomic mass is 10.3. The van der Waals surface area contributed by atoms with Crippen LogP contribution in [0.5, 0.6) is 5.75 Å². The number of rotatable bonds is 4. The maximum atomic E-state index is 12.4. The van der Waals surface area contributed by atoms with Crippen molar-refractivity contribution in [3.05, 3.63) is 29.5 Å². The number of ether oxygens (including phenoxy) is 1. The SMILES string of the molecule is COc1cc(N)ccc1S(=O)(=O)Nc1n[nH]c(C)c1C. The summed E-state index contributed by atoms with van der Waals surface area (Å²) in [4.78, 5) is 0.00857. The first-order valence-corrected chi connectivity index (χ1v) is 7.31. The third-order valence-corrected chi connectivity index (χ3v) is 4.34. The van der Waals surface area contributed by atoms with Crippen molar-refractivity contribution >= 4 is 21.5 Å². The zero-order chi connectivity index (χ0) is 14.9. The second kappa shape index (κ2) is 5.04. The largest absolute Gasteiger partial charge is 0.495 e. The second-order valence-corrected chi connectivity index (χ2v) is 5.99. The lowest BCUT2D eigenvalue weighted by Crippen LogP contribution is -2.15. The average Bonchev–Trinajstić information content (AvgIpc) is 2.69. The molecule has 0 atom stereocenters. The van der Waals surface area contributed by atoms with Gasteiger partial charge in [0, 0.05) is 23.0 Å². The van der Waals surface area contributed by atoms with Crippen LogP contribution in [0.1, 0.15) is 11.3 Å². The average molecular weight is 296 g/mol. The summed E-state index contributed by atoms with van der Waals surface area (Å²) in [6.07, 6.45) is 0.